The minimum atomic E-state index is -3.60. The van der Waals surface area contributed by atoms with Gasteiger partial charge in [-0.1, -0.05) is 6.07 Å². The van der Waals surface area contributed by atoms with Crippen LogP contribution in [0.5, 0.6) is 0 Å². The van der Waals surface area contributed by atoms with Gasteiger partial charge in [0.15, 0.2) is 0 Å². The van der Waals surface area contributed by atoms with Crippen molar-refractivity contribution < 1.29 is 13.2 Å². The molecule has 7 nitrogen and oxygen atoms in total. The molecule has 1 aromatic rings. The first-order chi connectivity index (χ1) is 11.4. The highest BCUT2D eigenvalue weighted by Crippen LogP contribution is 2.12. The first-order valence-corrected chi connectivity index (χ1v) is 9.70. The second-order valence-corrected chi connectivity index (χ2v) is 7.87. The van der Waals surface area contributed by atoms with Gasteiger partial charge in [0.1, 0.15) is 0 Å². The van der Waals surface area contributed by atoms with Crippen molar-refractivity contribution in [3.8, 4) is 0 Å². The number of halogens is 1. The largest absolute Gasteiger partial charge is 0.351 e. The van der Waals surface area contributed by atoms with E-state index in [4.69, 9.17) is 0 Å². The van der Waals surface area contributed by atoms with Crippen molar-refractivity contribution in [3.63, 3.8) is 0 Å². The number of rotatable bonds is 7. The number of carbonyl (C=O) groups is 1. The fraction of sp³-hybridized carbons (Fsp3) is 0.562. The summed E-state index contributed by atoms with van der Waals surface area (Å²) in [6.07, 6.45) is 0. The molecule has 1 saturated heterocycles. The molecule has 0 unspecified atom stereocenters. The van der Waals surface area contributed by atoms with Crippen LogP contribution in [-0.4, -0.2) is 64.5 Å². The molecule has 1 aliphatic rings. The lowest BCUT2D eigenvalue weighted by atomic mass is 10.2. The van der Waals surface area contributed by atoms with Crippen LogP contribution in [0.4, 0.5) is 0 Å². The molecular formula is C16H27ClN4O3S. The molecule has 2 rings (SSSR count). The molecule has 25 heavy (non-hydrogen) atoms. The smallest absolute Gasteiger partial charge is 0.251 e. The Morgan fingerprint density at radius 1 is 1.28 bits per heavy atom. The standard InChI is InChI=1S/C16H26N4O3S.ClH/c1-13(2)19-24(22,23)15-5-3-4-14(12-15)16(21)18-8-11-20-9-6-17-7-10-20;/h3-5,12-13,17,19H,6-11H2,1-2H3,(H,18,21);1H. The fourth-order valence-electron chi connectivity index (χ4n) is 2.55. The van der Waals surface area contributed by atoms with E-state index in [1.165, 1.54) is 12.1 Å². The molecule has 3 N–H and O–H groups in total. The first-order valence-electron chi connectivity index (χ1n) is 8.22. The summed E-state index contributed by atoms with van der Waals surface area (Å²) >= 11 is 0. The van der Waals surface area contributed by atoms with Gasteiger partial charge in [-0.15, -0.1) is 12.4 Å². The first kappa shape index (κ1) is 21.9. The van der Waals surface area contributed by atoms with Gasteiger partial charge in [0, 0.05) is 50.9 Å². The highest BCUT2D eigenvalue weighted by Gasteiger charge is 2.17. The molecule has 1 aliphatic heterocycles. The number of amides is 1. The Kier molecular flexibility index (Phi) is 8.81. The Morgan fingerprint density at radius 3 is 2.60 bits per heavy atom. The quantitative estimate of drug-likeness (QED) is 0.628. The Bertz CT molecular complexity index is 661. The highest BCUT2D eigenvalue weighted by atomic mass is 35.5. The molecule has 142 valence electrons. The Morgan fingerprint density at radius 2 is 1.96 bits per heavy atom. The topological polar surface area (TPSA) is 90.5 Å². The average Bonchev–Trinajstić information content (AvgIpc) is 2.55. The molecule has 1 aromatic carbocycles. The molecule has 1 fully saturated rings. The summed E-state index contributed by atoms with van der Waals surface area (Å²) in [4.78, 5) is 14.6. The third-order valence-electron chi connectivity index (χ3n) is 3.72. The maximum atomic E-state index is 12.2. The van der Waals surface area contributed by atoms with E-state index in [1.807, 2.05) is 0 Å². The van der Waals surface area contributed by atoms with Gasteiger partial charge in [-0.25, -0.2) is 13.1 Å². The number of hydrogen-bond donors (Lipinski definition) is 3. The van der Waals surface area contributed by atoms with Crippen LogP contribution in [0.25, 0.3) is 0 Å². The van der Waals surface area contributed by atoms with Crippen LogP contribution in [0.15, 0.2) is 29.2 Å². The zero-order valence-electron chi connectivity index (χ0n) is 14.6. The van der Waals surface area contributed by atoms with Crippen molar-refractivity contribution in [2.24, 2.45) is 0 Å². The summed E-state index contributed by atoms with van der Waals surface area (Å²) in [5.74, 6) is -0.258. The lowest BCUT2D eigenvalue weighted by Crippen LogP contribution is -2.46. The maximum absolute atomic E-state index is 12.2. The van der Waals surface area contributed by atoms with Crippen molar-refractivity contribution in [2.45, 2.75) is 24.8 Å². The van der Waals surface area contributed by atoms with E-state index in [2.05, 4.69) is 20.3 Å². The van der Waals surface area contributed by atoms with Gasteiger partial charge in [0.05, 0.1) is 4.90 Å². The van der Waals surface area contributed by atoms with Gasteiger partial charge in [-0.2, -0.15) is 0 Å². The SMILES string of the molecule is CC(C)NS(=O)(=O)c1cccc(C(=O)NCCN2CCNCC2)c1.Cl. The van der Waals surface area contributed by atoms with Crippen LogP contribution in [0.2, 0.25) is 0 Å². The summed E-state index contributed by atoms with van der Waals surface area (Å²) in [6.45, 7) is 8.73. The van der Waals surface area contributed by atoms with Crippen molar-refractivity contribution in [1.29, 1.82) is 0 Å². The summed E-state index contributed by atoms with van der Waals surface area (Å²) in [6, 6.07) is 5.90. The molecule has 1 heterocycles. The minimum absolute atomic E-state index is 0. The predicted molar refractivity (Wildman–Crippen MR) is 101 cm³/mol. The monoisotopic (exact) mass is 390 g/mol. The van der Waals surface area contributed by atoms with Crippen molar-refractivity contribution in [3.05, 3.63) is 29.8 Å². The van der Waals surface area contributed by atoms with E-state index in [0.29, 0.717) is 12.1 Å². The summed E-state index contributed by atoms with van der Waals surface area (Å²) in [7, 11) is -3.60. The van der Waals surface area contributed by atoms with E-state index in [9.17, 15) is 13.2 Å². The van der Waals surface area contributed by atoms with Gasteiger partial charge in [0.2, 0.25) is 10.0 Å². The van der Waals surface area contributed by atoms with Crippen LogP contribution >= 0.6 is 12.4 Å². The van der Waals surface area contributed by atoms with Gasteiger partial charge < -0.3 is 10.6 Å². The molecule has 0 aliphatic carbocycles. The van der Waals surface area contributed by atoms with Gasteiger partial charge in [-0.3, -0.25) is 9.69 Å². The predicted octanol–water partition coefficient (Wildman–Crippen LogP) is 0.430. The molecule has 0 saturated carbocycles. The normalized spacial score (nSPS) is 15.6. The van der Waals surface area contributed by atoms with Crippen LogP contribution in [-0.2, 0) is 10.0 Å². The van der Waals surface area contributed by atoms with Crippen LogP contribution in [0.3, 0.4) is 0 Å². The van der Waals surface area contributed by atoms with Gasteiger partial charge in [-0.05, 0) is 32.0 Å². The van der Waals surface area contributed by atoms with Crippen LogP contribution in [0, 0.1) is 0 Å². The van der Waals surface area contributed by atoms with Crippen LogP contribution in [0.1, 0.15) is 24.2 Å². The lowest BCUT2D eigenvalue weighted by molar-refractivity contribution is 0.0947. The number of hydrogen-bond acceptors (Lipinski definition) is 5. The zero-order valence-corrected chi connectivity index (χ0v) is 16.3. The number of piperazine rings is 1. The van der Waals surface area contributed by atoms with E-state index >= 15 is 0 Å². The number of nitrogens with one attached hydrogen (secondary N) is 3. The Labute approximate surface area is 156 Å². The molecule has 0 spiro atoms. The van der Waals surface area contributed by atoms with Crippen molar-refractivity contribution >= 4 is 28.3 Å². The Balaban J connectivity index is 0.00000312. The van der Waals surface area contributed by atoms with E-state index < -0.39 is 10.0 Å². The molecule has 0 bridgehead atoms. The molecule has 0 radical (unpaired) electrons. The summed E-state index contributed by atoms with van der Waals surface area (Å²) < 4.78 is 26.9. The highest BCUT2D eigenvalue weighted by molar-refractivity contribution is 7.89. The Hall–Kier alpha value is -1.19. The summed E-state index contributed by atoms with van der Waals surface area (Å²) in [5, 5.41) is 6.13. The fourth-order valence-corrected chi connectivity index (χ4v) is 3.84. The number of sulfonamides is 1. The molecule has 0 aromatic heterocycles. The second-order valence-electron chi connectivity index (χ2n) is 6.15. The summed E-state index contributed by atoms with van der Waals surface area (Å²) in [5.41, 5.74) is 0.349. The third kappa shape index (κ3) is 6.91. The van der Waals surface area contributed by atoms with Gasteiger partial charge in [0.25, 0.3) is 5.91 Å². The molecular weight excluding hydrogens is 364 g/mol. The van der Waals surface area contributed by atoms with E-state index in [-0.39, 0.29) is 29.3 Å². The van der Waals surface area contributed by atoms with Crippen LogP contribution < -0.4 is 15.4 Å². The molecule has 0 atom stereocenters. The number of carbonyl (C=O) groups excluding carboxylic acids is 1. The molecule has 1 amide bonds. The second kappa shape index (κ2) is 10.1. The van der Waals surface area contributed by atoms with Gasteiger partial charge >= 0.3 is 0 Å². The van der Waals surface area contributed by atoms with E-state index in [1.54, 1.807) is 26.0 Å². The van der Waals surface area contributed by atoms with E-state index in [0.717, 1.165) is 32.7 Å². The zero-order chi connectivity index (χ0) is 17.6. The number of benzene rings is 1. The average molecular weight is 391 g/mol. The third-order valence-corrected chi connectivity index (χ3v) is 5.38. The number of nitrogens with zero attached hydrogens (tertiary/aromatic N) is 1. The van der Waals surface area contributed by atoms with Crippen molar-refractivity contribution in [1.82, 2.24) is 20.3 Å². The molecule has 9 heteroatoms. The minimum Gasteiger partial charge on any atom is -0.351 e. The van der Waals surface area contributed by atoms with Crippen molar-refractivity contribution in [2.75, 3.05) is 39.3 Å². The lowest BCUT2D eigenvalue weighted by Gasteiger charge is -2.27. The maximum Gasteiger partial charge on any atom is 0.251 e.